The van der Waals surface area contributed by atoms with E-state index in [2.05, 4.69) is 10.6 Å². The van der Waals surface area contributed by atoms with Crippen molar-refractivity contribution in [2.24, 2.45) is 0 Å². The monoisotopic (exact) mass is 374 g/mol. The number of halogens is 5. The van der Waals surface area contributed by atoms with E-state index in [9.17, 15) is 22.4 Å². The highest BCUT2D eigenvalue weighted by Crippen LogP contribution is 2.33. The van der Waals surface area contributed by atoms with Gasteiger partial charge in [0.05, 0.1) is 22.8 Å². The zero-order valence-corrected chi connectivity index (χ0v) is 13.7. The van der Waals surface area contributed by atoms with Gasteiger partial charge in [0.25, 0.3) is 0 Å². The molecule has 0 fully saturated rings. The standard InChI is InChI=1S/C17H15ClF4N2O/c18-14-6-3-12(17(20,21)22)9-15(14)24-10-16(25)23-8-7-11-1-4-13(19)5-2-11/h1-6,9,24H,7-8,10H2,(H,23,25). The Morgan fingerprint density at radius 3 is 2.40 bits per heavy atom. The smallest absolute Gasteiger partial charge is 0.375 e. The Bertz CT molecular complexity index is 732. The number of hydrogen-bond acceptors (Lipinski definition) is 2. The van der Waals surface area contributed by atoms with Crippen molar-refractivity contribution in [3.8, 4) is 0 Å². The van der Waals surface area contributed by atoms with Gasteiger partial charge in [-0.3, -0.25) is 4.79 Å². The van der Waals surface area contributed by atoms with E-state index in [1.807, 2.05) is 0 Å². The molecule has 0 aliphatic carbocycles. The van der Waals surface area contributed by atoms with Crippen LogP contribution in [0.4, 0.5) is 23.2 Å². The molecule has 134 valence electrons. The molecular weight excluding hydrogens is 360 g/mol. The molecule has 0 radical (unpaired) electrons. The van der Waals surface area contributed by atoms with Gasteiger partial charge < -0.3 is 10.6 Å². The Morgan fingerprint density at radius 1 is 1.08 bits per heavy atom. The first-order valence-corrected chi connectivity index (χ1v) is 7.75. The highest BCUT2D eigenvalue weighted by molar-refractivity contribution is 6.33. The summed E-state index contributed by atoms with van der Waals surface area (Å²) in [6.07, 6.45) is -3.98. The lowest BCUT2D eigenvalue weighted by Crippen LogP contribution is -2.31. The van der Waals surface area contributed by atoms with Crippen LogP contribution in [0, 0.1) is 5.82 Å². The zero-order valence-electron chi connectivity index (χ0n) is 13.0. The minimum absolute atomic E-state index is 0.0326. The highest BCUT2D eigenvalue weighted by Gasteiger charge is 2.30. The Kier molecular flexibility index (Phi) is 6.25. The molecule has 2 rings (SSSR count). The third kappa shape index (κ3) is 5.94. The number of alkyl halides is 3. The Hall–Kier alpha value is -2.28. The molecule has 0 saturated heterocycles. The Balaban J connectivity index is 1.82. The van der Waals surface area contributed by atoms with Crippen molar-refractivity contribution in [2.45, 2.75) is 12.6 Å². The number of carbonyl (C=O) groups is 1. The maximum atomic E-state index is 12.8. The van der Waals surface area contributed by atoms with Gasteiger partial charge in [0.1, 0.15) is 5.82 Å². The molecule has 0 spiro atoms. The van der Waals surface area contributed by atoms with Crippen LogP contribution in [-0.4, -0.2) is 19.0 Å². The number of carbonyl (C=O) groups excluding carboxylic acids is 1. The van der Waals surface area contributed by atoms with Gasteiger partial charge in [0.2, 0.25) is 5.91 Å². The third-order valence-electron chi connectivity index (χ3n) is 3.38. The summed E-state index contributed by atoms with van der Waals surface area (Å²) in [5, 5.41) is 5.30. The molecule has 25 heavy (non-hydrogen) atoms. The molecule has 0 heterocycles. The summed E-state index contributed by atoms with van der Waals surface area (Å²) >= 11 is 5.83. The molecule has 2 N–H and O–H groups in total. The van der Waals surface area contributed by atoms with Gasteiger partial charge in [0, 0.05) is 6.54 Å². The molecule has 0 atom stereocenters. The van der Waals surface area contributed by atoms with E-state index in [0.29, 0.717) is 13.0 Å². The van der Waals surface area contributed by atoms with Crippen molar-refractivity contribution >= 4 is 23.2 Å². The zero-order chi connectivity index (χ0) is 18.4. The number of hydrogen-bond donors (Lipinski definition) is 2. The SMILES string of the molecule is O=C(CNc1cc(C(F)(F)F)ccc1Cl)NCCc1ccc(F)cc1. The average Bonchev–Trinajstić information content (AvgIpc) is 2.55. The fourth-order valence-corrected chi connectivity index (χ4v) is 2.26. The fraction of sp³-hybridized carbons (Fsp3) is 0.235. The summed E-state index contributed by atoms with van der Waals surface area (Å²) in [5.74, 6) is -0.731. The van der Waals surface area contributed by atoms with Crippen molar-refractivity contribution in [1.29, 1.82) is 0 Å². The van der Waals surface area contributed by atoms with Crippen LogP contribution in [0.2, 0.25) is 5.02 Å². The van der Waals surface area contributed by atoms with Crippen LogP contribution in [0.25, 0.3) is 0 Å². The molecule has 0 bridgehead atoms. The quantitative estimate of drug-likeness (QED) is 0.741. The van der Waals surface area contributed by atoms with Crippen LogP contribution in [0.3, 0.4) is 0 Å². The van der Waals surface area contributed by atoms with Crippen molar-refractivity contribution in [3.63, 3.8) is 0 Å². The van der Waals surface area contributed by atoms with E-state index in [-0.39, 0.29) is 23.1 Å². The van der Waals surface area contributed by atoms with Crippen molar-refractivity contribution in [3.05, 3.63) is 64.4 Å². The first-order valence-electron chi connectivity index (χ1n) is 7.37. The summed E-state index contributed by atoms with van der Waals surface area (Å²) in [6.45, 7) is 0.104. The summed E-state index contributed by atoms with van der Waals surface area (Å²) in [6, 6.07) is 8.73. The molecule has 0 aromatic heterocycles. The molecule has 3 nitrogen and oxygen atoms in total. The van der Waals surface area contributed by atoms with Gasteiger partial charge in [0.15, 0.2) is 0 Å². The minimum atomic E-state index is -4.49. The normalized spacial score (nSPS) is 11.2. The topological polar surface area (TPSA) is 41.1 Å². The summed E-state index contributed by atoms with van der Waals surface area (Å²) < 4.78 is 50.8. The van der Waals surface area contributed by atoms with E-state index in [0.717, 1.165) is 23.8 Å². The predicted octanol–water partition coefficient (Wildman–Crippen LogP) is 4.27. The highest BCUT2D eigenvalue weighted by atomic mass is 35.5. The van der Waals surface area contributed by atoms with Crippen LogP contribution in [0.5, 0.6) is 0 Å². The Morgan fingerprint density at radius 2 is 1.76 bits per heavy atom. The number of amides is 1. The summed E-state index contributed by atoms with van der Waals surface area (Å²) in [4.78, 5) is 11.8. The van der Waals surface area contributed by atoms with Gasteiger partial charge in [-0.1, -0.05) is 23.7 Å². The second kappa shape index (κ2) is 8.20. The summed E-state index contributed by atoms with van der Waals surface area (Å²) in [7, 11) is 0. The second-order valence-corrected chi connectivity index (χ2v) is 5.68. The third-order valence-corrected chi connectivity index (χ3v) is 3.71. The van der Waals surface area contributed by atoms with Crippen LogP contribution in [0.1, 0.15) is 11.1 Å². The van der Waals surface area contributed by atoms with Gasteiger partial charge in [-0.25, -0.2) is 4.39 Å². The largest absolute Gasteiger partial charge is 0.416 e. The number of benzene rings is 2. The predicted molar refractivity (Wildman–Crippen MR) is 88.1 cm³/mol. The van der Waals surface area contributed by atoms with E-state index in [4.69, 9.17) is 11.6 Å². The number of nitrogens with one attached hydrogen (secondary N) is 2. The molecular formula is C17H15ClF4N2O. The molecule has 0 saturated carbocycles. The molecule has 0 aliphatic heterocycles. The lowest BCUT2D eigenvalue weighted by Gasteiger charge is -2.12. The number of anilines is 1. The maximum absolute atomic E-state index is 12.8. The van der Waals surface area contributed by atoms with Crippen LogP contribution < -0.4 is 10.6 Å². The van der Waals surface area contributed by atoms with Gasteiger partial charge in [-0.05, 0) is 42.3 Å². The van der Waals surface area contributed by atoms with E-state index in [1.165, 1.54) is 12.1 Å². The fourth-order valence-electron chi connectivity index (χ4n) is 2.07. The second-order valence-electron chi connectivity index (χ2n) is 5.27. The lowest BCUT2D eigenvalue weighted by molar-refractivity contribution is -0.137. The molecule has 1 amide bonds. The van der Waals surface area contributed by atoms with Gasteiger partial charge in [-0.2, -0.15) is 13.2 Å². The van der Waals surface area contributed by atoms with Crippen molar-refractivity contribution in [2.75, 3.05) is 18.4 Å². The maximum Gasteiger partial charge on any atom is 0.416 e. The Labute approximate surface area is 147 Å². The molecule has 8 heteroatoms. The van der Waals surface area contributed by atoms with E-state index in [1.54, 1.807) is 12.1 Å². The van der Waals surface area contributed by atoms with E-state index < -0.39 is 17.6 Å². The molecule has 2 aromatic carbocycles. The van der Waals surface area contributed by atoms with Crippen LogP contribution in [-0.2, 0) is 17.4 Å². The van der Waals surface area contributed by atoms with Crippen LogP contribution >= 0.6 is 11.6 Å². The average molecular weight is 375 g/mol. The summed E-state index contributed by atoms with van der Waals surface area (Å²) in [5.41, 5.74) is 0.0388. The van der Waals surface area contributed by atoms with Crippen molar-refractivity contribution < 1.29 is 22.4 Å². The molecule has 0 unspecified atom stereocenters. The van der Waals surface area contributed by atoms with Crippen LogP contribution in [0.15, 0.2) is 42.5 Å². The first kappa shape index (κ1) is 19.1. The van der Waals surface area contributed by atoms with Gasteiger partial charge in [-0.15, -0.1) is 0 Å². The van der Waals surface area contributed by atoms with Gasteiger partial charge >= 0.3 is 6.18 Å². The lowest BCUT2D eigenvalue weighted by atomic mass is 10.1. The van der Waals surface area contributed by atoms with E-state index >= 15 is 0 Å². The molecule has 0 aliphatic rings. The minimum Gasteiger partial charge on any atom is -0.375 e. The first-order chi connectivity index (χ1) is 11.8. The van der Waals surface area contributed by atoms with Crippen molar-refractivity contribution in [1.82, 2.24) is 5.32 Å². The number of rotatable bonds is 6. The molecule has 2 aromatic rings.